The molecule has 3 aromatic carbocycles. The van der Waals surface area contributed by atoms with Crippen molar-refractivity contribution in [1.29, 1.82) is 0 Å². The summed E-state index contributed by atoms with van der Waals surface area (Å²) in [4.78, 5) is 11.8. The van der Waals surface area contributed by atoms with Crippen molar-refractivity contribution < 1.29 is 30.8 Å². The summed E-state index contributed by atoms with van der Waals surface area (Å²) in [6.45, 7) is 0. The Labute approximate surface area is 179 Å². The third kappa shape index (κ3) is 5.33. The van der Waals surface area contributed by atoms with E-state index in [9.17, 15) is 30.8 Å². The number of benzene rings is 3. The van der Waals surface area contributed by atoms with Crippen LogP contribution in [0.4, 0.5) is 28.9 Å². The highest BCUT2D eigenvalue weighted by Crippen LogP contribution is 2.36. The summed E-state index contributed by atoms with van der Waals surface area (Å²) in [5.74, 6) is -1.45. The smallest absolute Gasteiger partial charge is 0.322 e. The van der Waals surface area contributed by atoms with E-state index in [1.807, 2.05) is 4.72 Å². The largest absolute Gasteiger partial charge is 0.417 e. The quantitative estimate of drug-likeness (QED) is 0.478. The van der Waals surface area contributed by atoms with Gasteiger partial charge in [0.1, 0.15) is 5.82 Å². The minimum atomic E-state index is -4.75. The molecule has 0 atom stereocenters. The van der Waals surface area contributed by atoms with Gasteiger partial charge in [0.05, 0.1) is 21.0 Å². The van der Waals surface area contributed by atoms with Gasteiger partial charge < -0.3 is 5.32 Å². The lowest BCUT2D eigenvalue weighted by molar-refractivity contribution is -0.137. The van der Waals surface area contributed by atoms with Crippen LogP contribution in [0, 0.1) is 5.82 Å². The van der Waals surface area contributed by atoms with Gasteiger partial charge in [0.2, 0.25) is 0 Å². The Morgan fingerprint density at radius 3 is 2.13 bits per heavy atom. The third-order valence-corrected chi connectivity index (χ3v) is 5.79. The number of rotatable bonds is 5. The molecule has 0 saturated carbocycles. The first-order valence-corrected chi connectivity index (χ1v) is 10.4. The molecule has 0 fully saturated rings. The number of carbonyl (C=O) groups excluding carboxylic acids is 1. The lowest BCUT2D eigenvalue weighted by Gasteiger charge is -2.13. The number of sulfonamides is 1. The van der Waals surface area contributed by atoms with E-state index in [0.717, 1.165) is 30.3 Å². The number of anilines is 2. The van der Waals surface area contributed by atoms with Crippen LogP contribution in [0.15, 0.2) is 71.6 Å². The minimum absolute atomic E-state index is 0.191. The molecule has 0 unspecified atom stereocenters. The van der Waals surface area contributed by atoms with E-state index in [0.29, 0.717) is 6.07 Å². The number of alkyl halides is 3. The van der Waals surface area contributed by atoms with Crippen molar-refractivity contribution in [2.75, 3.05) is 10.0 Å². The van der Waals surface area contributed by atoms with Crippen LogP contribution in [-0.2, 0) is 16.2 Å². The fraction of sp³-hybridized carbons (Fsp3) is 0.0500. The third-order valence-electron chi connectivity index (χ3n) is 4.06. The molecule has 162 valence electrons. The summed E-state index contributed by atoms with van der Waals surface area (Å²) < 4.78 is 79.6. The summed E-state index contributed by atoms with van der Waals surface area (Å²) >= 11 is 5.53. The Bertz CT molecular complexity index is 1230. The summed E-state index contributed by atoms with van der Waals surface area (Å²) in [6, 6.07) is 12.7. The van der Waals surface area contributed by atoms with Gasteiger partial charge in [-0.2, -0.15) is 13.2 Å². The molecule has 0 radical (unpaired) electrons. The van der Waals surface area contributed by atoms with Crippen LogP contribution in [0.1, 0.15) is 15.9 Å². The number of halogens is 5. The first-order chi connectivity index (χ1) is 14.5. The van der Waals surface area contributed by atoms with Gasteiger partial charge in [0.25, 0.3) is 15.9 Å². The molecular formula is C20H13ClF4N2O3S. The predicted octanol–water partition coefficient (Wildman–Crippen LogP) is 5.55. The average Bonchev–Trinajstić information content (AvgIpc) is 2.69. The van der Waals surface area contributed by atoms with Crippen molar-refractivity contribution in [3.8, 4) is 0 Å². The van der Waals surface area contributed by atoms with E-state index in [2.05, 4.69) is 5.32 Å². The van der Waals surface area contributed by atoms with Gasteiger partial charge in [0.15, 0.2) is 0 Å². The average molecular weight is 473 g/mol. The number of hydrogen-bond donors (Lipinski definition) is 2. The maximum atomic E-state index is 13.7. The highest BCUT2D eigenvalue weighted by Gasteiger charge is 2.33. The number of amides is 1. The van der Waals surface area contributed by atoms with Crippen LogP contribution in [0.5, 0.6) is 0 Å². The second-order valence-electron chi connectivity index (χ2n) is 6.26. The molecule has 5 nitrogen and oxygen atoms in total. The molecule has 0 aliphatic rings. The molecule has 3 rings (SSSR count). The van der Waals surface area contributed by atoms with Crippen LogP contribution in [0.3, 0.4) is 0 Å². The second kappa shape index (κ2) is 8.56. The van der Waals surface area contributed by atoms with Gasteiger partial charge >= 0.3 is 6.18 Å². The fourth-order valence-electron chi connectivity index (χ4n) is 2.58. The highest BCUT2D eigenvalue weighted by molar-refractivity contribution is 7.92. The van der Waals surface area contributed by atoms with Gasteiger partial charge in [-0.25, -0.2) is 12.8 Å². The van der Waals surface area contributed by atoms with E-state index >= 15 is 0 Å². The topological polar surface area (TPSA) is 75.3 Å². The normalized spacial score (nSPS) is 11.8. The monoisotopic (exact) mass is 472 g/mol. The lowest BCUT2D eigenvalue weighted by Crippen LogP contribution is -2.15. The van der Waals surface area contributed by atoms with Crippen molar-refractivity contribution in [1.82, 2.24) is 0 Å². The summed E-state index contributed by atoms with van der Waals surface area (Å²) in [7, 11) is -4.23. The maximum Gasteiger partial charge on any atom is 0.417 e. The zero-order valence-corrected chi connectivity index (χ0v) is 16.9. The Kier molecular flexibility index (Phi) is 6.23. The SMILES string of the molecule is O=C(Nc1ccc(S(=O)(=O)Nc2ccc(Cl)c(C(F)(F)F)c2)cc1)c1ccccc1F. The fourth-order valence-corrected chi connectivity index (χ4v) is 3.86. The number of carbonyl (C=O) groups is 1. The van der Waals surface area contributed by atoms with Crippen molar-refractivity contribution in [3.05, 3.63) is 88.7 Å². The molecule has 3 aromatic rings. The molecule has 0 bridgehead atoms. The van der Waals surface area contributed by atoms with Gasteiger partial charge in [-0.1, -0.05) is 23.7 Å². The van der Waals surface area contributed by atoms with E-state index in [1.54, 1.807) is 0 Å². The van der Waals surface area contributed by atoms with Crippen LogP contribution < -0.4 is 10.0 Å². The van der Waals surface area contributed by atoms with Crippen molar-refractivity contribution in [2.45, 2.75) is 11.1 Å². The van der Waals surface area contributed by atoms with Crippen LogP contribution in [-0.4, -0.2) is 14.3 Å². The minimum Gasteiger partial charge on any atom is -0.322 e. The standard InChI is InChI=1S/C20H13ClF4N2O3S/c21-17-10-7-13(11-16(17)20(23,24)25)27-31(29,30)14-8-5-12(6-9-14)26-19(28)15-3-1-2-4-18(15)22/h1-11,27H,(H,26,28). The molecule has 31 heavy (non-hydrogen) atoms. The molecule has 0 spiro atoms. The molecule has 0 heterocycles. The molecule has 1 amide bonds. The number of hydrogen-bond acceptors (Lipinski definition) is 3. The summed E-state index contributed by atoms with van der Waals surface area (Å²) in [6.07, 6.45) is -4.75. The molecule has 0 aliphatic heterocycles. The Morgan fingerprint density at radius 1 is 0.903 bits per heavy atom. The second-order valence-corrected chi connectivity index (χ2v) is 8.35. The summed E-state index contributed by atoms with van der Waals surface area (Å²) in [5, 5.41) is 1.86. The molecule has 0 aromatic heterocycles. The first-order valence-electron chi connectivity index (χ1n) is 8.53. The van der Waals surface area contributed by atoms with Gasteiger partial charge in [-0.15, -0.1) is 0 Å². The van der Waals surface area contributed by atoms with Crippen molar-refractivity contribution in [3.63, 3.8) is 0 Å². The Hall–Kier alpha value is -3.11. The van der Waals surface area contributed by atoms with Crippen LogP contribution in [0.2, 0.25) is 5.02 Å². The van der Waals surface area contributed by atoms with Crippen LogP contribution >= 0.6 is 11.6 Å². The van der Waals surface area contributed by atoms with E-state index < -0.39 is 38.5 Å². The van der Waals surface area contributed by atoms with Gasteiger partial charge in [-0.3, -0.25) is 9.52 Å². The summed E-state index contributed by atoms with van der Waals surface area (Å²) in [5.41, 5.74) is -1.50. The first kappa shape index (κ1) is 22.6. The van der Waals surface area contributed by atoms with Crippen molar-refractivity contribution >= 4 is 38.9 Å². The predicted molar refractivity (Wildman–Crippen MR) is 108 cm³/mol. The molecule has 11 heteroatoms. The molecule has 0 saturated heterocycles. The van der Waals surface area contributed by atoms with E-state index in [1.165, 1.54) is 30.3 Å². The molecule has 0 aliphatic carbocycles. The van der Waals surface area contributed by atoms with E-state index in [4.69, 9.17) is 11.6 Å². The van der Waals surface area contributed by atoms with E-state index in [-0.39, 0.29) is 21.8 Å². The molecular weight excluding hydrogens is 460 g/mol. The maximum absolute atomic E-state index is 13.7. The Morgan fingerprint density at radius 2 is 1.52 bits per heavy atom. The van der Waals surface area contributed by atoms with Gasteiger partial charge in [-0.05, 0) is 54.6 Å². The number of nitrogens with one attached hydrogen (secondary N) is 2. The molecule has 2 N–H and O–H groups in total. The zero-order chi connectivity index (χ0) is 22.8. The highest BCUT2D eigenvalue weighted by atomic mass is 35.5. The Balaban J connectivity index is 1.77. The lowest BCUT2D eigenvalue weighted by atomic mass is 10.2. The zero-order valence-electron chi connectivity index (χ0n) is 15.4. The van der Waals surface area contributed by atoms with Gasteiger partial charge in [0, 0.05) is 11.4 Å². The van der Waals surface area contributed by atoms with Crippen molar-refractivity contribution in [2.24, 2.45) is 0 Å². The van der Waals surface area contributed by atoms with Crippen LogP contribution in [0.25, 0.3) is 0 Å².